The van der Waals surface area contributed by atoms with Crippen LogP contribution in [-0.4, -0.2) is 63.2 Å². The molecule has 0 saturated carbocycles. The molecular formula is C15H14F4K. The fourth-order valence-electron chi connectivity index (χ4n) is 2.07. The van der Waals surface area contributed by atoms with Gasteiger partial charge < -0.3 is 0 Å². The largest absolute Gasteiger partial charge is 0.314 e. The molecule has 0 nitrogen and oxygen atoms in total. The second-order valence-electron chi connectivity index (χ2n) is 4.58. The molecule has 0 atom stereocenters. The van der Waals surface area contributed by atoms with Crippen molar-refractivity contribution in [3.05, 3.63) is 48.0 Å². The van der Waals surface area contributed by atoms with Crippen LogP contribution in [0.1, 0.15) is 18.9 Å². The van der Waals surface area contributed by atoms with Crippen molar-refractivity contribution in [3.63, 3.8) is 0 Å². The molecule has 1 radical (unpaired) electrons. The molecule has 2 aromatic rings. The van der Waals surface area contributed by atoms with Crippen LogP contribution in [0, 0.1) is 0 Å². The third-order valence-electron chi connectivity index (χ3n) is 3.27. The molecule has 0 heterocycles. The first-order chi connectivity index (χ1) is 8.87. The van der Waals surface area contributed by atoms with Gasteiger partial charge in [0.05, 0.1) is 0 Å². The van der Waals surface area contributed by atoms with Crippen molar-refractivity contribution in [1.29, 1.82) is 0 Å². The molecule has 0 aliphatic heterocycles. The molecule has 0 aliphatic carbocycles. The van der Waals surface area contributed by atoms with E-state index < -0.39 is 24.7 Å². The minimum Gasteiger partial charge on any atom is -0.200 e. The Labute approximate surface area is 158 Å². The van der Waals surface area contributed by atoms with E-state index in [2.05, 4.69) is 0 Å². The maximum Gasteiger partial charge on any atom is 0.314 e. The standard InChI is InChI=1S/C15H14F4.K/c1-2-14(16,17)15(18,19)10-12-8-5-7-11-6-3-4-9-13(11)12;/h3-9H,2,10H2,1H3;. The second-order valence-corrected chi connectivity index (χ2v) is 4.58. The topological polar surface area (TPSA) is 0 Å². The third-order valence-corrected chi connectivity index (χ3v) is 3.27. The fraction of sp³-hybridized carbons (Fsp3) is 0.333. The first-order valence-electron chi connectivity index (χ1n) is 6.10. The molecule has 2 aromatic carbocycles. The summed E-state index contributed by atoms with van der Waals surface area (Å²) in [6.45, 7) is 1.07. The van der Waals surface area contributed by atoms with Gasteiger partial charge in [-0.15, -0.1) is 0 Å². The van der Waals surface area contributed by atoms with Crippen molar-refractivity contribution in [3.8, 4) is 0 Å². The van der Waals surface area contributed by atoms with E-state index in [1.807, 2.05) is 0 Å². The molecule has 0 aromatic heterocycles. The average Bonchev–Trinajstić information content (AvgIpc) is 2.38. The Bertz CT molecular complexity index is 576. The Hall–Kier alpha value is 0.0564. The van der Waals surface area contributed by atoms with Gasteiger partial charge in [0.1, 0.15) is 0 Å². The van der Waals surface area contributed by atoms with Crippen molar-refractivity contribution < 1.29 is 17.6 Å². The van der Waals surface area contributed by atoms with E-state index in [9.17, 15) is 17.6 Å². The van der Waals surface area contributed by atoms with Crippen LogP contribution < -0.4 is 0 Å². The normalized spacial score (nSPS) is 12.2. The zero-order valence-corrected chi connectivity index (χ0v) is 14.6. The van der Waals surface area contributed by atoms with Gasteiger partial charge >= 0.3 is 11.8 Å². The molecule has 103 valence electrons. The van der Waals surface area contributed by atoms with Crippen LogP contribution >= 0.6 is 0 Å². The minimum absolute atomic E-state index is 0. The SMILES string of the molecule is CCC(F)(F)C(F)(F)Cc1cccc2ccccc12.[K]. The van der Waals surface area contributed by atoms with Crippen LogP contribution in [-0.2, 0) is 6.42 Å². The minimum atomic E-state index is -4.04. The monoisotopic (exact) mass is 309 g/mol. The summed E-state index contributed by atoms with van der Waals surface area (Å²) in [5.41, 5.74) is 0.247. The van der Waals surface area contributed by atoms with Gasteiger partial charge in [-0.3, -0.25) is 0 Å². The number of halogens is 4. The molecule has 0 aliphatic rings. The second kappa shape index (κ2) is 6.88. The molecular weight excluding hydrogens is 295 g/mol. The molecule has 0 fully saturated rings. The van der Waals surface area contributed by atoms with E-state index in [0.717, 1.165) is 12.3 Å². The Morgan fingerprint density at radius 3 is 2.10 bits per heavy atom. The predicted molar refractivity (Wildman–Crippen MR) is 73.6 cm³/mol. The molecule has 0 N–H and O–H groups in total. The van der Waals surface area contributed by atoms with Crippen LogP contribution in [0.4, 0.5) is 17.6 Å². The van der Waals surface area contributed by atoms with Crippen LogP contribution in [0.3, 0.4) is 0 Å². The molecule has 20 heavy (non-hydrogen) atoms. The van der Waals surface area contributed by atoms with Crippen molar-refractivity contribution in [1.82, 2.24) is 0 Å². The average molecular weight is 309 g/mol. The van der Waals surface area contributed by atoms with E-state index in [4.69, 9.17) is 0 Å². The van der Waals surface area contributed by atoms with Gasteiger partial charge in [0.25, 0.3) is 0 Å². The molecule has 0 saturated heterocycles. The summed E-state index contributed by atoms with van der Waals surface area (Å²) in [7, 11) is 0. The Balaban J connectivity index is 0.00000200. The van der Waals surface area contributed by atoms with Crippen LogP contribution in [0.25, 0.3) is 10.8 Å². The van der Waals surface area contributed by atoms with Gasteiger partial charge in [-0.2, -0.15) is 17.6 Å². The first kappa shape index (κ1) is 18.1. The van der Waals surface area contributed by atoms with E-state index >= 15 is 0 Å². The van der Waals surface area contributed by atoms with Gasteiger partial charge in [-0.1, -0.05) is 49.4 Å². The summed E-state index contributed by atoms with van der Waals surface area (Å²) in [5.74, 6) is -8.02. The van der Waals surface area contributed by atoms with Gasteiger partial charge in [0.2, 0.25) is 0 Å². The van der Waals surface area contributed by atoms with Gasteiger partial charge in [-0.05, 0) is 16.3 Å². The van der Waals surface area contributed by atoms with Crippen LogP contribution in [0.5, 0.6) is 0 Å². The van der Waals surface area contributed by atoms with E-state index in [0.29, 0.717) is 5.39 Å². The number of hydrogen-bond acceptors (Lipinski definition) is 0. The maximum atomic E-state index is 13.7. The molecule has 0 amide bonds. The summed E-state index contributed by atoms with van der Waals surface area (Å²) in [6, 6.07) is 11.8. The fourth-order valence-corrected chi connectivity index (χ4v) is 2.07. The van der Waals surface area contributed by atoms with Crippen LogP contribution in [0.2, 0.25) is 0 Å². The Kier molecular flexibility index (Phi) is 6.23. The number of fused-ring (bicyclic) bond motifs is 1. The quantitative estimate of drug-likeness (QED) is 0.568. The molecule has 0 unspecified atom stereocenters. The van der Waals surface area contributed by atoms with Crippen molar-refractivity contribution in [2.45, 2.75) is 31.6 Å². The summed E-state index contributed by atoms with van der Waals surface area (Å²) < 4.78 is 53.9. The van der Waals surface area contributed by atoms with Crippen molar-refractivity contribution in [2.24, 2.45) is 0 Å². The van der Waals surface area contributed by atoms with E-state index in [-0.39, 0.29) is 56.9 Å². The number of benzene rings is 2. The summed E-state index contributed by atoms with van der Waals surface area (Å²) in [6.07, 6.45) is -1.82. The number of alkyl halides is 4. The van der Waals surface area contributed by atoms with E-state index in [1.165, 1.54) is 6.07 Å². The number of hydrogen-bond donors (Lipinski definition) is 0. The van der Waals surface area contributed by atoms with Gasteiger partial charge in [0.15, 0.2) is 0 Å². The van der Waals surface area contributed by atoms with Crippen molar-refractivity contribution >= 4 is 62.2 Å². The Morgan fingerprint density at radius 2 is 1.45 bits per heavy atom. The number of rotatable bonds is 4. The molecule has 0 spiro atoms. The Morgan fingerprint density at radius 1 is 0.850 bits per heavy atom. The first-order valence-corrected chi connectivity index (χ1v) is 6.10. The molecule has 2 rings (SSSR count). The van der Waals surface area contributed by atoms with Crippen LogP contribution in [0.15, 0.2) is 42.5 Å². The zero-order chi connectivity index (χ0) is 14.1. The predicted octanol–water partition coefficient (Wildman–Crippen LogP) is 4.68. The maximum absolute atomic E-state index is 13.7. The third kappa shape index (κ3) is 3.63. The summed E-state index contributed by atoms with van der Waals surface area (Å²) in [4.78, 5) is 0. The molecule has 5 heteroatoms. The molecule has 0 bridgehead atoms. The summed E-state index contributed by atoms with van der Waals surface area (Å²) in [5, 5.41) is 1.37. The van der Waals surface area contributed by atoms with Crippen molar-refractivity contribution in [2.75, 3.05) is 0 Å². The zero-order valence-electron chi connectivity index (χ0n) is 11.5. The van der Waals surface area contributed by atoms with Gasteiger partial charge in [-0.25, -0.2) is 0 Å². The smallest absolute Gasteiger partial charge is 0.200 e. The summed E-state index contributed by atoms with van der Waals surface area (Å²) >= 11 is 0. The van der Waals surface area contributed by atoms with Gasteiger partial charge in [0, 0.05) is 64.2 Å². The van der Waals surface area contributed by atoms with E-state index in [1.54, 1.807) is 36.4 Å².